The zero-order valence-corrected chi connectivity index (χ0v) is 9.59. The van der Waals surface area contributed by atoms with Crippen molar-refractivity contribution < 1.29 is 14.2 Å². The van der Waals surface area contributed by atoms with E-state index in [0.29, 0.717) is 0 Å². The molecule has 0 unspecified atom stereocenters. The van der Waals surface area contributed by atoms with Gasteiger partial charge in [-0.05, 0) is 33.1 Å². The number of hydrogen-bond acceptors (Lipinski definition) is 3. The maximum atomic E-state index is 5.38. The quantitative estimate of drug-likeness (QED) is 0.483. The molecule has 0 heterocycles. The van der Waals surface area contributed by atoms with E-state index in [9.17, 15) is 0 Å². The first-order valence-corrected chi connectivity index (χ1v) is 5.65. The first kappa shape index (κ1) is 13.9. The lowest BCUT2D eigenvalue weighted by Crippen LogP contribution is -2.05. The summed E-state index contributed by atoms with van der Waals surface area (Å²) in [7, 11) is 0. The van der Waals surface area contributed by atoms with E-state index in [2.05, 4.69) is 0 Å². The molecule has 0 fully saturated rings. The van der Waals surface area contributed by atoms with Gasteiger partial charge in [0, 0.05) is 26.4 Å². The highest BCUT2D eigenvalue weighted by Crippen LogP contribution is 1.96. The van der Waals surface area contributed by atoms with E-state index in [1.165, 1.54) is 6.42 Å². The molecule has 0 radical (unpaired) electrons. The summed E-state index contributed by atoms with van der Waals surface area (Å²) in [5.74, 6) is 0. The number of hydrogen-bond donors (Lipinski definition) is 0. The Morgan fingerprint density at radius 2 is 1.07 bits per heavy atom. The Morgan fingerprint density at radius 3 is 1.71 bits per heavy atom. The molecule has 14 heavy (non-hydrogen) atoms. The van der Waals surface area contributed by atoms with Crippen LogP contribution in [0.2, 0.25) is 0 Å². The summed E-state index contributed by atoms with van der Waals surface area (Å²) in [5.41, 5.74) is 0. The van der Waals surface area contributed by atoms with E-state index >= 15 is 0 Å². The maximum absolute atomic E-state index is 5.38. The molecule has 0 amide bonds. The highest BCUT2D eigenvalue weighted by molar-refractivity contribution is 4.40. The highest BCUT2D eigenvalue weighted by Gasteiger charge is 1.91. The lowest BCUT2D eigenvalue weighted by Gasteiger charge is -2.04. The average molecular weight is 204 g/mol. The summed E-state index contributed by atoms with van der Waals surface area (Å²) in [6.45, 7) is 8.79. The molecule has 0 aliphatic heterocycles. The summed E-state index contributed by atoms with van der Waals surface area (Å²) in [6.07, 6.45) is 3.45. The highest BCUT2D eigenvalue weighted by atomic mass is 16.5. The second kappa shape index (κ2) is 12.9. The van der Waals surface area contributed by atoms with Crippen LogP contribution in [0.25, 0.3) is 0 Å². The van der Waals surface area contributed by atoms with Crippen molar-refractivity contribution in [3.8, 4) is 0 Å². The van der Waals surface area contributed by atoms with Crippen LogP contribution in [0.5, 0.6) is 0 Å². The predicted octanol–water partition coefficient (Wildman–Crippen LogP) is 2.25. The van der Waals surface area contributed by atoms with Crippen molar-refractivity contribution in [3.05, 3.63) is 0 Å². The molecule has 3 heteroatoms. The minimum Gasteiger partial charge on any atom is -0.382 e. The largest absolute Gasteiger partial charge is 0.382 e. The lowest BCUT2D eigenvalue weighted by atomic mass is 10.2. The fourth-order valence-electron chi connectivity index (χ4n) is 1.09. The minimum atomic E-state index is 0.718. The van der Waals surface area contributed by atoms with E-state index in [1.807, 2.05) is 13.8 Å². The molecule has 0 aliphatic rings. The van der Waals surface area contributed by atoms with Gasteiger partial charge in [0.25, 0.3) is 0 Å². The van der Waals surface area contributed by atoms with E-state index in [4.69, 9.17) is 14.2 Å². The third kappa shape index (κ3) is 11.9. The van der Waals surface area contributed by atoms with E-state index in [-0.39, 0.29) is 0 Å². The van der Waals surface area contributed by atoms with Crippen LogP contribution in [0.15, 0.2) is 0 Å². The number of ether oxygens (including phenoxy) is 3. The second-order valence-corrected chi connectivity index (χ2v) is 3.07. The topological polar surface area (TPSA) is 27.7 Å². The van der Waals surface area contributed by atoms with Gasteiger partial charge in [0.15, 0.2) is 0 Å². The van der Waals surface area contributed by atoms with Crippen molar-refractivity contribution in [2.24, 2.45) is 0 Å². The normalized spacial score (nSPS) is 10.7. The molecule has 0 aromatic carbocycles. The summed E-state index contributed by atoms with van der Waals surface area (Å²) in [4.78, 5) is 0. The van der Waals surface area contributed by atoms with Crippen LogP contribution in [0.1, 0.15) is 33.1 Å². The molecule has 0 aromatic heterocycles. The monoisotopic (exact) mass is 204 g/mol. The molecule has 0 N–H and O–H groups in total. The van der Waals surface area contributed by atoms with Gasteiger partial charge in [0.2, 0.25) is 0 Å². The molecule has 86 valence electrons. The van der Waals surface area contributed by atoms with Crippen molar-refractivity contribution in [2.45, 2.75) is 33.1 Å². The van der Waals surface area contributed by atoms with Gasteiger partial charge in [-0.25, -0.2) is 0 Å². The fraction of sp³-hybridized carbons (Fsp3) is 1.00. The standard InChI is InChI=1S/C11H24O3/c1-3-12-8-6-5-7-9-14-11-10-13-4-2/h3-11H2,1-2H3. The van der Waals surface area contributed by atoms with Gasteiger partial charge in [-0.1, -0.05) is 0 Å². The zero-order valence-electron chi connectivity index (χ0n) is 9.59. The third-order valence-corrected chi connectivity index (χ3v) is 1.86. The van der Waals surface area contributed by atoms with Gasteiger partial charge in [-0.15, -0.1) is 0 Å². The van der Waals surface area contributed by atoms with Crippen LogP contribution in [0.4, 0.5) is 0 Å². The van der Waals surface area contributed by atoms with Gasteiger partial charge in [0.05, 0.1) is 13.2 Å². The second-order valence-electron chi connectivity index (χ2n) is 3.07. The number of rotatable bonds is 11. The van der Waals surface area contributed by atoms with Gasteiger partial charge in [-0.2, -0.15) is 0 Å². The Morgan fingerprint density at radius 1 is 0.571 bits per heavy atom. The van der Waals surface area contributed by atoms with Crippen molar-refractivity contribution in [1.29, 1.82) is 0 Å². The van der Waals surface area contributed by atoms with E-state index in [0.717, 1.165) is 52.5 Å². The Labute approximate surface area is 87.7 Å². The van der Waals surface area contributed by atoms with Gasteiger partial charge < -0.3 is 14.2 Å². The predicted molar refractivity (Wildman–Crippen MR) is 57.7 cm³/mol. The molecular weight excluding hydrogens is 180 g/mol. The smallest absolute Gasteiger partial charge is 0.0700 e. The Balaban J connectivity index is 2.78. The Kier molecular flexibility index (Phi) is 12.8. The molecule has 3 nitrogen and oxygen atoms in total. The van der Waals surface area contributed by atoms with E-state index in [1.54, 1.807) is 0 Å². The molecule has 0 spiro atoms. The van der Waals surface area contributed by atoms with Crippen LogP contribution < -0.4 is 0 Å². The first-order chi connectivity index (χ1) is 6.91. The van der Waals surface area contributed by atoms with E-state index < -0.39 is 0 Å². The average Bonchev–Trinajstić information content (AvgIpc) is 2.21. The van der Waals surface area contributed by atoms with Gasteiger partial charge in [-0.3, -0.25) is 0 Å². The lowest BCUT2D eigenvalue weighted by molar-refractivity contribution is 0.0504. The molecule has 0 bridgehead atoms. The van der Waals surface area contributed by atoms with Crippen LogP contribution in [0, 0.1) is 0 Å². The van der Waals surface area contributed by atoms with Crippen LogP contribution in [-0.4, -0.2) is 39.6 Å². The fourth-order valence-corrected chi connectivity index (χ4v) is 1.09. The molecular formula is C11H24O3. The van der Waals surface area contributed by atoms with Gasteiger partial charge >= 0.3 is 0 Å². The third-order valence-electron chi connectivity index (χ3n) is 1.86. The van der Waals surface area contributed by atoms with Crippen LogP contribution in [-0.2, 0) is 14.2 Å². The Bertz CT molecular complexity index is 84.5. The molecule has 0 rings (SSSR count). The summed E-state index contributed by atoms with van der Waals surface area (Å²) < 4.78 is 15.8. The molecule has 0 aromatic rings. The minimum absolute atomic E-state index is 0.718. The number of unbranched alkanes of at least 4 members (excludes halogenated alkanes) is 2. The Hall–Kier alpha value is -0.120. The van der Waals surface area contributed by atoms with Crippen molar-refractivity contribution in [2.75, 3.05) is 39.6 Å². The molecule has 0 aliphatic carbocycles. The van der Waals surface area contributed by atoms with Gasteiger partial charge in [0.1, 0.15) is 0 Å². The molecule has 0 atom stereocenters. The SMILES string of the molecule is CCOCCCCCOCCOCC. The molecule has 0 saturated heterocycles. The summed E-state index contributed by atoms with van der Waals surface area (Å²) in [5, 5.41) is 0. The van der Waals surface area contributed by atoms with Crippen molar-refractivity contribution in [1.82, 2.24) is 0 Å². The molecule has 0 saturated carbocycles. The first-order valence-electron chi connectivity index (χ1n) is 5.65. The van der Waals surface area contributed by atoms with Crippen LogP contribution >= 0.6 is 0 Å². The van der Waals surface area contributed by atoms with Crippen molar-refractivity contribution in [3.63, 3.8) is 0 Å². The van der Waals surface area contributed by atoms with Crippen molar-refractivity contribution >= 4 is 0 Å². The zero-order chi connectivity index (χ0) is 10.5. The summed E-state index contributed by atoms with van der Waals surface area (Å²) >= 11 is 0. The summed E-state index contributed by atoms with van der Waals surface area (Å²) in [6, 6.07) is 0. The van der Waals surface area contributed by atoms with Crippen LogP contribution in [0.3, 0.4) is 0 Å². The maximum Gasteiger partial charge on any atom is 0.0700 e.